The van der Waals surface area contributed by atoms with Gasteiger partial charge in [-0.1, -0.05) is 56.3 Å². The number of amides is 2. The van der Waals surface area contributed by atoms with Gasteiger partial charge in [-0.2, -0.15) is 0 Å². The summed E-state index contributed by atoms with van der Waals surface area (Å²) in [4.78, 5) is 33.7. The molecule has 0 aliphatic heterocycles. The number of hydrogen-bond acceptors (Lipinski definition) is 5. The van der Waals surface area contributed by atoms with Crippen molar-refractivity contribution in [1.29, 1.82) is 0 Å². The molecule has 3 atom stereocenters. The van der Waals surface area contributed by atoms with Crippen molar-refractivity contribution in [3.8, 4) is 0 Å². The lowest BCUT2D eigenvalue weighted by atomic mass is 10.0. The van der Waals surface area contributed by atoms with Gasteiger partial charge in [-0.15, -0.1) is 0 Å². The van der Waals surface area contributed by atoms with Gasteiger partial charge in [0.2, 0.25) is 11.8 Å². The molecule has 0 bridgehead atoms. The Morgan fingerprint density at radius 1 is 1.06 bits per heavy atom. The lowest BCUT2D eigenvalue weighted by Crippen LogP contribution is -2.40. The number of anilines is 1. The molecule has 3 aromatic rings. The molecule has 2 amide bonds. The number of carbonyl (C=O) groups excluding carboxylic acids is 2. The molecule has 0 saturated heterocycles. The zero-order chi connectivity index (χ0) is 22.0. The van der Waals surface area contributed by atoms with Gasteiger partial charge in [0.1, 0.15) is 11.9 Å². The van der Waals surface area contributed by atoms with Crippen molar-refractivity contribution in [2.75, 3.05) is 5.32 Å². The van der Waals surface area contributed by atoms with Gasteiger partial charge in [-0.3, -0.25) is 9.59 Å². The number of rotatable bonds is 8. The third-order valence-electron chi connectivity index (χ3n) is 5.69. The average molecular weight is 418 g/mol. The van der Waals surface area contributed by atoms with Gasteiger partial charge in [0.15, 0.2) is 5.82 Å². The number of primary amides is 1. The summed E-state index contributed by atoms with van der Waals surface area (Å²) in [5.74, 6) is 0.864. The first-order chi connectivity index (χ1) is 14.9. The van der Waals surface area contributed by atoms with E-state index < -0.39 is 11.9 Å². The maximum absolute atomic E-state index is 12.6. The van der Waals surface area contributed by atoms with Crippen LogP contribution in [0.2, 0.25) is 0 Å². The number of carbonyl (C=O) groups is 2. The number of nitrogens with one attached hydrogen (secondary N) is 2. The molecule has 1 aliphatic rings. The fourth-order valence-electron chi connectivity index (χ4n) is 3.88. The summed E-state index contributed by atoms with van der Waals surface area (Å²) < 4.78 is 0. The van der Waals surface area contributed by atoms with Gasteiger partial charge in [0.25, 0.3) is 0 Å². The van der Waals surface area contributed by atoms with Crippen LogP contribution < -0.4 is 16.4 Å². The van der Waals surface area contributed by atoms with Gasteiger partial charge in [0, 0.05) is 11.3 Å². The first kappa shape index (κ1) is 20.8. The summed E-state index contributed by atoms with van der Waals surface area (Å²) in [6, 6.07) is 17.1. The molecule has 4 rings (SSSR count). The van der Waals surface area contributed by atoms with Gasteiger partial charge >= 0.3 is 0 Å². The van der Waals surface area contributed by atoms with E-state index in [1.807, 2.05) is 56.3 Å². The van der Waals surface area contributed by atoms with E-state index in [1.54, 1.807) is 0 Å². The zero-order valence-corrected chi connectivity index (χ0v) is 17.7. The molecular weight excluding hydrogens is 390 g/mol. The maximum Gasteiger partial charge on any atom is 0.240 e. The van der Waals surface area contributed by atoms with E-state index in [-0.39, 0.29) is 30.2 Å². The molecule has 7 nitrogen and oxygen atoms in total. The number of para-hydroxylation sites is 1. The highest BCUT2D eigenvalue weighted by molar-refractivity contribution is 5.92. The average Bonchev–Trinajstić information content (AvgIpc) is 3.57. The predicted octanol–water partition coefficient (Wildman–Crippen LogP) is 2.97. The molecule has 160 valence electrons. The summed E-state index contributed by atoms with van der Waals surface area (Å²) in [6.07, 6.45) is 0.857. The molecule has 0 unspecified atom stereocenters. The van der Waals surface area contributed by atoms with Gasteiger partial charge in [-0.05, 0) is 36.0 Å². The number of aromatic nitrogens is 2. The number of nitrogens with two attached hydrogens (primary N) is 1. The molecule has 1 aliphatic carbocycles. The standard InChI is InChI=1S/C24H27N5O2/c1-14(2)21(22(25)30)29-23-16-10-6-7-11-19(16)27-20(28-23)13-26-24(31)18-12-17(18)15-8-4-3-5-9-15/h3-11,14,17-18,21H,12-13H2,1-2H3,(H2,25,30)(H,26,31)(H,27,28,29)/t17-,18+,21-/m0/s1. The zero-order valence-electron chi connectivity index (χ0n) is 17.7. The fraction of sp³-hybridized carbons (Fsp3) is 0.333. The number of nitrogens with zero attached hydrogens (tertiary/aromatic N) is 2. The predicted molar refractivity (Wildman–Crippen MR) is 120 cm³/mol. The van der Waals surface area contributed by atoms with Gasteiger partial charge in [0.05, 0.1) is 12.1 Å². The lowest BCUT2D eigenvalue weighted by molar-refractivity contribution is -0.122. The van der Waals surface area contributed by atoms with Gasteiger partial charge in [-0.25, -0.2) is 9.97 Å². The Balaban J connectivity index is 1.49. The molecule has 1 saturated carbocycles. The molecule has 31 heavy (non-hydrogen) atoms. The summed E-state index contributed by atoms with van der Waals surface area (Å²) in [5, 5.41) is 6.94. The van der Waals surface area contributed by atoms with Crippen molar-refractivity contribution in [3.05, 3.63) is 66.0 Å². The molecule has 4 N–H and O–H groups in total. The first-order valence-corrected chi connectivity index (χ1v) is 10.6. The summed E-state index contributed by atoms with van der Waals surface area (Å²) >= 11 is 0. The fourth-order valence-corrected chi connectivity index (χ4v) is 3.88. The molecule has 2 aromatic carbocycles. The van der Waals surface area contributed by atoms with Crippen molar-refractivity contribution < 1.29 is 9.59 Å². The van der Waals surface area contributed by atoms with Crippen molar-refractivity contribution in [2.45, 2.75) is 38.8 Å². The van der Waals surface area contributed by atoms with Gasteiger partial charge < -0.3 is 16.4 Å². The number of benzene rings is 2. The maximum atomic E-state index is 12.6. The first-order valence-electron chi connectivity index (χ1n) is 10.6. The second-order valence-electron chi connectivity index (χ2n) is 8.35. The van der Waals surface area contributed by atoms with E-state index >= 15 is 0 Å². The van der Waals surface area contributed by atoms with Crippen LogP contribution in [0.25, 0.3) is 10.9 Å². The van der Waals surface area contributed by atoms with Crippen molar-refractivity contribution in [2.24, 2.45) is 17.6 Å². The Bertz CT molecular complexity index is 1100. The van der Waals surface area contributed by atoms with Crippen molar-refractivity contribution in [3.63, 3.8) is 0 Å². The normalized spacial score (nSPS) is 18.5. The lowest BCUT2D eigenvalue weighted by Gasteiger charge is -2.21. The van der Waals surface area contributed by atoms with Crippen LogP contribution in [0.1, 0.15) is 37.6 Å². The van der Waals surface area contributed by atoms with Crippen LogP contribution in [0.3, 0.4) is 0 Å². The SMILES string of the molecule is CC(C)[C@H](Nc1nc(CNC(=O)[C@@H]2C[C@H]2c2ccccc2)nc2ccccc12)C(N)=O. The van der Waals surface area contributed by atoms with E-state index in [0.29, 0.717) is 11.6 Å². The minimum Gasteiger partial charge on any atom is -0.368 e. The second-order valence-corrected chi connectivity index (χ2v) is 8.35. The number of hydrogen-bond donors (Lipinski definition) is 3. The number of fused-ring (bicyclic) bond motifs is 1. The minimum atomic E-state index is -0.557. The summed E-state index contributed by atoms with van der Waals surface area (Å²) in [7, 11) is 0. The van der Waals surface area contributed by atoms with Crippen LogP contribution in [0, 0.1) is 11.8 Å². The topological polar surface area (TPSA) is 110 Å². The van der Waals surface area contributed by atoms with E-state index in [0.717, 1.165) is 17.3 Å². The smallest absolute Gasteiger partial charge is 0.240 e. The minimum absolute atomic E-state index is 0.000771. The molecule has 0 spiro atoms. The van der Waals surface area contributed by atoms with E-state index in [9.17, 15) is 9.59 Å². The third-order valence-corrected chi connectivity index (χ3v) is 5.69. The summed E-state index contributed by atoms with van der Waals surface area (Å²) in [6.45, 7) is 4.07. The van der Waals surface area contributed by atoms with E-state index in [1.165, 1.54) is 5.56 Å². The van der Waals surface area contributed by atoms with Crippen LogP contribution in [-0.2, 0) is 16.1 Å². The van der Waals surface area contributed by atoms with Crippen LogP contribution in [0.15, 0.2) is 54.6 Å². The highest BCUT2D eigenvalue weighted by atomic mass is 16.2. The molecule has 1 aromatic heterocycles. The summed E-state index contributed by atoms with van der Waals surface area (Å²) in [5.41, 5.74) is 7.50. The molecular formula is C24H27N5O2. The monoisotopic (exact) mass is 417 g/mol. The second kappa shape index (κ2) is 8.71. The quantitative estimate of drug-likeness (QED) is 0.522. The van der Waals surface area contributed by atoms with Crippen molar-refractivity contribution >= 4 is 28.5 Å². The Morgan fingerprint density at radius 2 is 1.77 bits per heavy atom. The van der Waals surface area contributed by atoms with Crippen LogP contribution in [-0.4, -0.2) is 27.8 Å². The molecule has 7 heteroatoms. The van der Waals surface area contributed by atoms with Crippen LogP contribution >= 0.6 is 0 Å². The largest absolute Gasteiger partial charge is 0.368 e. The van der Waals surface area contributed by atoms with Crippen LogP contribution in [0.5, 0.6) is 0 Å². The Morgan fingerprint density at radius 3 is 2.48 bits per heavy atom. The molecule has 1 fully saturated rings. The third kappa shape index (κ3) is 4.66. The Hall–Kier alpha value is -3.48. The van der Waals surface area contributed by atoms with E-state index in [2.05, 4.69) is 32.7 Å². The highest BCUT2D eigenvalue weighted by Crippen LogP contribution is 2.47. The Kier molecular flexibility index (Phi) is 5.84. The Labute approximate surface area is 181 Å². The van der Waals surface area contributed by atoms with Crippen molar-refractivity contribution in [1.82, 2.24) is 15.3 Å². The van der Waals surface area contributed by atoms with Crippen LogP contribution in [0.4, 0.5) is 5.82 Å². The molecule has 0 radical (unpaired) electrons. The highest BCUT2D eigenvalue weighted by Gasteiger charge is 2.43. The molecule has 1 heterocycles. The van der Waals surface area contributed by atoms with E-state index in [4.69, 9.17) is 5.73 Å².